The molecule has 4 N–H and O–H groups in total. The van der Waals surface area contributed by atoms with Gasteiger partial charge in [-0.05, 0) is 23.6 Å². The van der Waals surface area contributed by atoms with Crippen molar-refractivity contribution in [3.05, 3.63) is 66.9 Å². The first-order chi connectivity index (χ1) is 16.2. The number of urea groups is 1. The van der Waals surface area contributed by atoms with E-state index in [-0.39, 0.29) is 50.3 Å². The molecule has 3 aromatic rings. The number of carbonyl (C=O) groups excluding carboxylic acids is 3. The lowest BCUT2D eigenvalue weighted by Crippen LogP contribution is -2.32. The lowest BCUT2D eigenvalue weighted by atomic mass is 10.1. The number of anilines is 2. The predicted molar refractivity (Wildman–Crippen MR) is 134 cm³/mol. The Morgan fingerprint density at radius 1 is 1.06 bits per heavy atom. The van der Waals surface area contributed by atoms with E-state index in [4.69, 9.17) is 39.5 Å². The largest absolute Gasteiger partial charge is 0.494 e. The maximum atomic E-state index is 13.0. The zero-order valence-corrected chi connectivity index (χ0v) is 20.9. The number of pyridine rings is 1. The van der Waals surface area contributed by atoms with Crippen molar-refractivity contribution in [1.29, 1.82) is 0 Å². The topological polar surface area (TPSA) is 121 Å². The fourth-order valence-electron chi connectivity index (χ4n) is 2.77. The van der Waals surface area contributed by atoms with E-state index in [1.807, 2.05) is 0 Å². The molecule has 4 amide bonds. The highest BCUT2D eigenvalue weighted by Crippen LogP contribution is 2.35. The summed E-state index contributed by atoms with van der Waals surface area (Å²) in [4.78, 5) is 41.7. The first-order valence-electron chi connectivity index (χ1n) is 9.56. The SMILES string of the molecule is CNC(=O)NCc1csc(C(=O)Nc2c(OC)cc(Cl)cc2C(=O)Nc2ccc(Cl)cn2)c1Cl. The third kappa shape index (κ3) is 6.09. The molecule has 0 aliphatic heterocycles. The highest BCUT2D eigenvalue weighted by molar-refractivity contribution is 7.13. The molecule has 0 unspecified atom stereocenters. The summed E-state index contributed by atoms with van der Waals surface area (Å²) in [7, 11) is 2.87. The lowest BCUT2D eigenvalue weighted by Gasteiger charge is -2.15. The van der Waals surface area contributed by atoms with Crippen LogP contribution in [0.5, 0.6) is 5.75 Å². The highest BCUT2D eigenvalue weighted by atomic mass is 35.5. The number of nitrogens with one attached hydrogen (secondary N) is 4. The Labute approximate surface area is 213 Å². The quantitative estimate of drug-likeness (QED) is 0.333. The number of aromatic nitrogens is 1. The van der Waals surface area contributed by atoms with E-state index in [0.29, 0.717) is 10.6 Å². The van der Waals surface area contributed by atoms with Crippen LogP contribution in [0.2, 0.25) is 15.1 Å². The van der Waals surface area contributed by atoms with Crippen molar-refractivity contribution in [2.75, 3.05) is 24.8 Å². The minimum absolute atomic E-state index is 0.0450. The van der Waals surface area contributed by atoms with E-state index in [2.05, 4.69) is 26.3 Å². The molecule has 34 heavy (non-hydrogen) atoms. The Morgan fingerprint density at radius 2 is 1.82 bits per heavy atom. The Kier molecular flexibility index (Phi) is 8.56. The van der Waals surface area contributed by atoms with E-state index in [1.54, 1.807) is 11.4 Å². The van der Waals surface area contributed by atoms with Gasteiger partial charge in [-0.25, -0.2) is 9.78 Å². The fourth-order valence-corrected chi connectivity index (χ4v) is 4.35. The van der Waals surface area contributed by atoms with Crippen molar-refractivity contribution in [2.24, 2.45) is 0 Å². The summed E-state index contributed by atoms with van der Waals surface area (Å²) in [6.07, 6.45) is 1.38. The normalized spacial score (nSPS) is 10.4. The molecule has 178 valence electrons. The van der Waals surface area contributed by atoms with Gasteiger partial charge in [0.25, 0.3) is 11.8 Å². The van der Waals surface area contributed by atoms with E-state index in [1.165, 1.54) is 38.6 Å². The van der Waals surface area contributed by atoms with Gasteiger partial charge in [0.1, 0.15) is 16.4 Å². The molecule has 1 aromatic carbocycles. The van der Waals surface area contributed by atoms with Crippen LogP contribution in [0.25, 0.3) is 0 Å². The number of amides is 4. The van der Waals surface area contributed by atoms with Gasteiger partial charge >= 0.3 is 6.03 Å². The summed E-state index contributed by atoms with van der Waals surface area (Å²) in [6, 6.07) is 5.56. The number of thiophene rings is 1. The predicted octanol–water partition coefficient (Wildman–Crippen LogP) is 5.05. The van der Waals surface area contributed by atoms with Gasteiger partial charge in [0.15, 0.2) is 0 Å². The summed E-state index contributed by atoms with van der Waals surface area (Å²) in [5, 5.41) is 12.8. The van der Waals surface area contributed by atoms with Crippen molar-refractivity contribution in [3.8, 4) is 5.75 Å². The van der Waals surface area contributed by atoms with Crippen LogP contribution in [0.3, 0.4) is 0 Å². The summed E-state index contributed by atoms with van der Waals surface area (Å²) in [6.45, 7) is 0.133. The van der Waals surface area contributed by atoms with Crippen LogP contribution in [0.1, 0.15) is 25.6 Å². The molecule has 0 fully saturated rings. The molecule has 13 heteroatoms. The van der Waals surface area contributed by atoms with E-state index in [9.17, 15) is 14.4 Å². The Balaban J connectivity index is 1.88. The number of hydrogen-bond acceptors (Lipinski definition) is 6. The van der Waals surface area contributed by atoms with Gasteiger partial charge in [-0.3, -0.25) is 9.59 Å². The maximum absolute atomic E-state index is 13.0. The van der Waals surface area contributed by atoms with Crippen LogP contribution in [0, 0.1) is 0 Å². The maximum Gasteiger partial charge on any atom is 0.314 e. The minimum Gasteiger partial charge on any atom is -0.494 e. The first-order valence-corrected chi connectivity index (χ1v) is 11.6. The molecule has 0 radical (unpaired) electrons. The minimum atomic E-state index is -0.585. The van der Waals surface area contributed by atoms with Crippen molar-refractivity contribution in [2.45, 2.75) is 6.54 Å². The zero-order chi connectivity index (χ0) is 24.8. The van der Waals surface area contributed by atoms with Gasteiger partial charge in [-0.2, -0.15) is 0 Å². The zero-order valence-electron chi connectivity index (χ0n) is 17.8. The second-order valence-electron chi connectivity index (χ2n) is 6.64. The van der Waals surface area contributed by atoms with Gasteiger partial charge in [-0.15, -0.1) is 11.3 Å². The van der Waals surface area contributed by atoms with E-state index < -0.39 is 11.8 Å². The molecular formula is C21H18Cl3N5O4S. The lowest BCUT2D eigenvalue weighted by molar-refractivity contribution is 0.102. The van der Waals surface area contributed by atoms with Crippen molar-refractivity contribution >= 4 is 75.5 Å². The van der Waals surface area contributed by atoms with Crippen LogP contribution in [-0.2, 0) is 6.54 Å². The van der Waals surface area contributed by atoms with Crippen LogP contribution < -0.4 is 26.0 Å². The number of carbonyl (C=O) groups is 3. The molecule has 0 atom stereocenters. The van der Waals surface area contributed by atoms with Crippen molar-refractivity contribution in [3.63, 3.8) is 0 Å². The fraction of sp³-hybridized carbons (Fsp3) is 0.143. The number of halogens is 3. The third-order valence-electron chi connectivity index (χ3n) is 4.41. The molecule has 2 heterocycles. The molecule has 0 saturated carbocycles. The number of hydrogen-bond donors (Lipinski definition) is 4. The summed E-state index contributed by atoms with van der Waals surface area (Å²) < 4.78 is 5.34. The van der Waals surface area contributed by atoms with Gasteiger partial charge in [0, 0.05) is 36.4 Å². The number of rotatable bonds is 7. The van der Waals surface area contributed by atoms with Gasteiger partial charge < -0.3 is 26.0 Å². The smallest absolute Gasteiger partial charge is 0.314 e. The number of methoxy groups -OCH3 is 1. The number of nitrogens with zero attached hydrogens (tertiary/aromatic N) is 1. The molecular weight excluding hydrogens is 525 g/mol. The van der Waals surface area contributed by atoms with E-state index >= 15 is 0 Å². The summed E-state index contributed by atoms with van der Waals surface area (Å²) in [5.41, 5.74) is 0.705. The standard InChI is InChI=1S/C21H18Cl3N5O4S/c1-25-21(32)27-7-10-9-34-18(16(10)24)20(31)29-17-13(5-12(23)6-14(17)33-2)19(30)28-15-4-3-11(22)8-26-15/h3-6,8-9H,7H2,1-2H3,(H,29,31)(H2,25,27,32)(H,26,28,30). The highest BCUT2D eigenvalue weighted by Gasteiger charge is 2.23. The molecule has 9 nitrogen and oxygen atoms in total. The molecule has 0 aliphatic carbocycles. The van der Waals surface area contributed by atoms with Gasteiger partial charge in [-0.1, -0.05) is 34.8 Å². The molecule has 0 spiro atoms. The Bertz CT molecular complexity index is 1230. The summed E-state index contributed by atoms with van der Waals surface area (Å²) >= 11 is 19.4. The molecule has 0 bridgehead atoms. The van der Waals surface area contributed by atoms with Gasteiger partial charge in [0.2, 0.25) is 0 Å². The number of ether oxygens (including phenoxy) is 1. The Hall–Kier alpha value is -3.05. The van der Waals surface area contributed by atoms with Crippen LogP contribution in [0.15, 0.2) is 35.8 Å². The Morgan fingerprint density at radius 3 is 2.47 bits per heavy atom. The van der Waals surface area contributed by atoms with Crippen LogP contribution in [0.4, 0.5) is 16.3 Å². The van der Waals surface area contributed by atoms with Gasteiger partial charge in [0.05, 0.1) is 28.4 Å². The molecule has 0 aliphatic rings. The monoisotopic (exact) mass is 541 g/mol. The van der Waals surface area contributed by atoms with Crippen molar-refractivity contribution < 1.29 is 19.1 Å². The van der Waals surface area contributed by atoms with Crippen LogP contribution >= 0.6 is 46.1 Å². The average Bonchev–Trinajstić information content (AvgIpc) is 3.19. The summed E-state index contributed by atoms with van der Waals surface area (Å²) in [5.74, 6) is -0.733. The van der Waals surface area contributed by atoms with Crippen molar-refractivity contribution in [1.82, 2.24) is 15.6 Å². The van der Waals surface area contributed by atoms with Crippen LogP contribution in [-0.4, -0.2) is 37.0 Å². The number of benzene rings is 1. The average molecular weight is 543 g/mol. The second kappa shape index (κ2) is 11.4. The molecule has 2 aromatic heterocycles. The molecule has 0 saturated heterocycles. The van der Waals surface area contributed by atoms with E-state index in [0.717, 1.165) is 11.3 Å². The first kappa shape index (κ1) is 25.6. The molecule has 3 rings (SSSR count). The second-order valence-corrected chi connectivity index (χ2v) is 8.77. The third-order valence-corrected chi connectivity index (χ3v) is 6.43.